The van der Waals surface area contributed by atoms with Crippen molar-refractivity contribution in [2.45, 2.75) is 13.0 Å². The minimum absolute atomic E-state index is 0.146. The molecule has 1 aliphatic rings. The number of nitro groups is 1. The van der Waals surface area contributed by atoms with Crippen LogP contribution in [0.25, 0.3) is 0 Å². The number of nitro benzene ring substituents is 1. The zero-order chi connectivity index (χ0) is 14.0. The van der Waals surface area contributed by atoms with Crippen LogP contribution in [0.5, 0.6) is 0 Å². The Labute approximate surface area is 109 Å². The second kappa shape index (κ2) is 4.94. The lowest BCUT2D eigenvalue weighted by Gasteiger charge is -2.25. The van der Waals surface area contributed by atoms with Crippen LogP contribution < -0.4 is 11.1 Å². The van der Waals surface area contributed by atoms with E-state index in [0.717, 1.165) is 0 Å². The van der Waals surface area contributed by atoms with Gasteiger partial charge in [-0.15, -0.1) is 0 Å². The highest BCUT2D eigenvalue weighted by Gasteiger charge is 2.44. The number of hydrogen-bond donors (Lipinski definition) is 2. The molecule has 1 aromatic carbocycles. The summed E-state index contributed by atoms with van der Waals surface area (Å²) in [5.41, 5.74) is 4.99. The van der Waals surface area contributed by atoms with Crippen LogP contribution in [0.2, 0.25) is 0 Å². The third kappa shape index (κ3) is 2.42. The van der Waals surface area contributed by atoms with E-state index >= 15 is 0 Å². The van der Waals surface area contributed by atoms with Gasteiger partial charge < -0.3 is 15.8 Å². The number of nitrogens with two attached hydrogens (primary N) is 1. The van der Waals surface area contributed by atoms with E-state index in [1.54, 1.807) is 19.1 Å². The Hall–Kier alpha value is -1.99. The summed E-state index contributed by atoms with van der Waals surface area (Å²) in [6, 6.07) is 5.56. The highest BCUT2D eigenvalue weighted by Crippen LogP contribution is 2.31. The SMILES string of the molecule is CC1(C(=O)Nc2ccccc2[N+](=O)[O-])COCC1N. The van der Waals surface area contributed by atoms with Crippen LogP contribution in [0, 0.1) is 15.5 Å². The zero-order valence-electron chi connectivity index (χ0n) is 10.5. The predicted molar refractivity (Wildman–Crippen MR) is 68.6 cm³/mol. The monoisotopic (exact) mass is 265 g/mol. The average Bonchev–Trinajstić information content (AvgIpc) is 2.71. The second-order valence-electron chi connectivity index (χ2n) is 4.77. The molecule has 19 heavy (non-hydrogen) atoms. The second-order valence-corrected chi connectivity index (χ2v) is 4.77. The van der Waals surface area contributed by atoms with Crippen LogP contribution in [-0.4, -0.2) is 30.1 Å². The van der Waals surface area contributed by atoms with Crippen molar-refractivity contribution in [2.24, 2.45) is 11.1 Å². The zero-order valence-corrected chi connectivity index (χ0v) is 10.5. The number of benzene rings is 1. The molecule has 7 heteroatoms. The summed E-state index contributed by atoms with van der Waals surface area (Å²) in [6.45, 7) is 2.20. The summed E-state index contributed by atoms with van der Waals surface area (Å²) in [4.78, 5) is 22.6. The van der Waals surface area contributed by atoms with E-state index in [0.29, 0.717) is 6.61 Å². The Balaban J connectivity index is 2.22. The molecule has 0 radical (unpaired) electrons. The van der Waals surface area contributed by atoms with Gasteiger partial charge in [0.25, 0.3) is 5.69 Å². The molecule has 102 valence electrons. The first-order valence-corrected chi connectivity index (χ1v) is 5.83. The van der Waals surface area contributed by atoms with Gasteiger partial charge in [0.2, 0.25) is 5.91 Å². The molecule has 0 spiro atoms. The highest BCUT2D eigenvalue weighted by molar-refractivity contribution is 5.97. The maximum Gasteiger partial charge on any atom is 0.292 e. The molecule has 0 aliphatic carbocycles. The number of hydrogen-bond acceptors (Lipinski definition) is 5. The van der Waals surface area contributed by atoms with Gasteiger partial charge in [-0.25, -0.2) is 0 Å². The summed E-state index contributed by atoms with van der Waals surface area (Å²) < 4.78 is 5.19. The molecule has 1 aliphatic heterocycles. The molecule has 0 bridgehead atoms. The molecule has 2 rings (SSSR count). The van der Waals surface area contributed by atoms with Crippen molar-refractivity contribution >= 4 is 17.3 Å². The van der Waals surface area contributed by atoms with Gasteiger partial charge in [-0.1, -0.05) is 12.1 Å². The van der Waals surface area contributed by atoms with Gasteiger partial charge in [0.05, 0.1) is 23.6 Å². The minimum Gasteiger partial charge on any atom is -0.379 e. The third-order valence-corrected chi connectivity index (χ3v) is 3.39. The quantitative estimate of drug-likeness (QED) is 0.623. The fourth-order valence-electron chi connectivity index (χ4n) is 1.93. The summed E-state index contributed by atoms with van der Waals surface area (Å²) in [6.07, 6.45) is 0. The average molecular weight is 265 g/mol. The van der Waals surface area contributed by atoms with Gasteiger partial charge in [-0.2, -0.15) is 0 Å². The number of anilines is 1. The fraction of sp³-hybridized carbons (Fsp3) is 0.417. The van der Waals surface area contributed by atoms with Gasteiger partial charge in [-0.05, 0) is 13.0 Å². The van der Waals surface area contributed by atoms with Gasteiger partial charge in [0.15, 0.2) is 0 Å². The lowest BCUT2D eigenvalue weighted by molar-refractivity contribution is -0.383. The van der Waals surface area contributed by atoms with Crippen LogP contribution >= 0.6 is 0 Å². The maximum atomic E-state index is 12.2. The largest absolute Gasteiger partial charge is 0.379 e. The Kier molecular flexibility index (Phi) is 3.50. The fourth-order valence-corrected chi connectivity index (χ4v) is 1.93. The van der Waals surface area contributed by atoms with Crippen molar-refractivity contribution in [1.82, 2.24) is 0 Å². The van der Waals surface area contributed by atoms with E-state index in [-0.39, 0.29) is 23.9 Å². The first-order valence-electron chi connectivity index (χ1n) is 5.83. The molecule has 1 aromatic rings. The van der Waals surface area contributed by atoms with Crippen LogP contribution in [0.4, 0.5) is 11.4 Å². The van der Waals surface area contributed by atoms with E-state index in [9.17, 15) is 14.9 Å². The first kappa shape index (κ1) is 13.4. The Morgan fingerprint density at radius 3 is 2.84 bits per heavy atom. The Bertz CT molecular complexity index is 519. The van der Waals surface area contributed by atoms with Crippen LogP contribution in [0.3, 0.4) is 0 Å². The van der Waals surface area contributed by atoms with Crippen molar-refractivity contribution in [3.8, 4) is 0 Å². The van der Waals surface area contributed by atoms with Crippen molar-refractivity contribution in [2.75, 3.05) is 18.5 Å². The maximum absolute atomic E-state index is 12.2. The molecule has 0 aromatic heterocycles. The number of para-hydroxylation sites is 2. The molecule has 2 unspecified atom stereocenters. The summed E-state index contributed by atoms with van der Waals surface area (Å²) in [5, 5.41) is 13.4. The molecule has 1 heterocycles. The van der Waals surface area contributed by atoms with E-state index in [2.05, 4.69) is 5.32 Å². The van der Waals surface area contributed by atoms with Crippen molar-refractivity contribution < 1.29 is 14.5 Å². The number of nitrogens with zero attached hydrogens (tertiary/aromatic N) is 1. The Morgan fingerprint density at radius 2 is 2.26 bits per heavy atom. The number of carbonyl (C=O) groups excluding carboxylic acids is 1. The third-order valence-electron chi connectivity index (χ3n) is 3.39. The van der Waals surface area contributed by atoms with E-state index in [1.165, 1.54) is 12.1 Å². The van der Waals surface area contributed by atoms with E-state index in [4.69, 9.17) is 10.5 Å². The van der Waals surface area contributed by atoms with Gasteiger partial charge in [-0.3, -0.25) is 14.9 Å². The molecule has 7 nitrogen and oxygen atoms in total. The van der Waals surface area contributed by atoms with E-state index in [1.807, 2.05) is 0 Å². The van der Waals surface area contributed by atoms with Crippen molar-refractivity contribution in [3.63, 3.8) is 0 Å². The van der Waals surface area contributed by atoms with Crippen LogP contribution in [0.1, 0.15) is 6.92 Å². The van der Waals surface area contributed by atoms with Crippen molar-refractivity contribution in [1.29, 1.82) is 0 Å². The molecule has 2 atom stereocenters. The predicted octanol–water partition coefficient (Wildman–Crippen LogP) is 0.897. The molecule has 1 saturated heterocycles. The molecule has 3 N–H and O–H groups in total. The number of amides is 1. The molecular formula is C12H15N3O4. The number of carbonyl (C=O) groups is 1. The summed E-state index contributed by atoms with van der Waals surface area (Å²) in [7, 11) is 0. The minimum atomic E-state index is -0.871. The smallest absolute Gasteiger partial charge is 0.292 e. The molecular weight excluding hydrogens is 250 g/mol. The van der Waals surface area contributed by atoms with Crippen LogP contribution in [-0.2, 0) is 9.53 Å². The lowest BCUT2D eigenvalue weighted by Crippen LogP contribution is -2.47. The standard InChI is InChI=1S/C12H15N3O4/c1-12(7-19-6-10(12)13)11(16)14-8-4-2-3-5-9(8)15(17)18/h2-5,10H,6-7,13H2,1H3,(H,14,16). The molecule has 1 fully saturated rings. The number of rotatable bonds is 3. The summed E-state index contributed by atoms with van der Waals surface area (Å²) in [5.74, 6) is -0.369. The normalized spacial score (nSPS) is 26.1. The first-order chi connectivity index (χ1) is 8.95. The van der Waals surface area contributed by atoms with Gasteiger partial charge in [0.1, 0.15) is 5.69 Å². The van der Waals surface area contributed by atoms with Gasteiger partial charge >= 0.3 is 0 Å². The lowest BCUT2D eigenvalue weighted by atomic mass is 9.85. The van der Waals surface area contributed by atoms with Crippen molar-refractivity contribution in [3.05, 3.63) is 34.4 Å². The topological polar surface area (TPSA) is 107 Å². The molecule has 0 saturated carbocycles. The Morgan fingerprint density at radius 1 is 1.58 bits per heavy atom. The van der Waals surface area contributed by atoms with E-state index < -0.39 is 16.4 Å². The van der Waals surface area contributed by atoms with Crippen LogP contribution in [0.15, 0.2) is 24.3 Å². The highest BCUT2D eigenvalue weighted by atomic mass is 16.6. The molecule has 1 amide bonds. The number of ether oxygens (including phenoxy) is 1. The van der Waals surface area contributed by atoms with Gasteiger partial charge in [0, 0.05) is 12.1 Å². The summed E-state index contributed by atoms with van der Waals surface area (Å²) >= 11 is 0. The number of nitrogens with one attached hydrogen (secondary N) is 1.